The molecule has 2 rings (SSSR count). The molecule has 0 aromatic heterocycles. The molecule has 2 saturated carbocycles. The molecule has 0 spiro atoms. The Morgan fingerprint density at radius 3 is 2.69 bits per heavy atom. The number of rotatable bonds is 6. The van der Waals surface area contributed by atoms with Gasteiger partial charge in [-0.2, -0.15) is 12.6 Å². The van der Waals surface area contributed by atoms with Crippen molar-refractivity contribution in [2.24, 2.45) is 5.41 Å². The van der Waals surface area contributed by atoms with Gasteiger partial charge >= 0.3 is 0 Å². The lowest BCUT2D eigenvalue weighted by Crippen LogP contribution is -2.48. The molecule has 0 bridgehead atoms. The van der Waals surface area contributed by atoms with Crippen LogP contribution in [0, 0.1) is 5.41 Å². The largest absolute Gasteiger partial charge is 0.378 e. The van der Waals surface area contributed by atoms with Crippen molar-refractivity contribution in [3.8, 4) is 0 Å². The molecule has 0 atom stereocenters. The molecule has 2 aliphatic carbocycles. The molecule has 0 unspecified atom stereocenters. The fourth-order valence-corrected chi connectivity index (χ4v) is 2.67. The van der Waals surface area contributed by atoms with E-state index in [1.165, 1.54) is 0 Å². The van der Waals surface area contributed by atoms with Gasteiger partial charge in [-0.3, -0.25) is 4.79 Å². The molecule has 1 amide bonds. The van der Waals surface area contributed by atoms with Gasteiger partial charge in [-0.15, -0.1) is 0 Å². The maximum atomic E-state index is 11.7. The molecule has 92 valence electrons. The summed E-state index contributed by atoms with van der Waals surface area (Å²) < 4.78 is 5.46. The Labute approximate surface area is 103 Å². The van der Waals surface area contributed by atoms with Gasteiger partial charge in [0.2, 0.25) is 5.91 Å². The van der Waals surface area contributed by atoms with Crippen molar-refractivity contribution in [1.82, 2.24) is 5.32 Å². The number of carbonyl (C=O) groups is 1. The molecule has 2 aliphatic rings. The Morgan fingerprint density at radius 2 is 2.19 bits per heavy atom. The van der Waals surface area contributed by atoms with Crippen molar-refractivity contribution in [2.45, 2.75) is 51.2 Å². The Hall–Kier alpha value is -0.220. The molecule has 4 heteroatoms. The summed E-state index contributed by atoms with van der Waals surface area (Å²) in [4.78, 5) is 11.7. The lowest BCUT2D eigenvalue weighted by Gasteiger charge is -2.35. The molecular weight excluding hydrogens is 222 g/mol. The topological polar surface area (TPSA) is 38.3 Å². The number of thiol groups is 1. The fourth-order valence-electron chi connectivity index (χ4n) is 2.24. The summed E-state index contributed by atoms with van der Waals surface area (Å²) in [6, 6.07) is 0.347. The van der Waals surface area contributed by atoms with Crippen LogP contribution in [0.4, 0.5) is 0 Å². The number of hydrogen-bond acceptors (Lipinski definition) is 3. The maximum Gasteiger partial charge on any atom is 0.220 e. The molecule has 0 aliphatic heterocycles. The fraction of sp³-hybridized carbons (Fsp3) is 0.917. The third-order valence-corrected chi connectivity index (χ3v) is 4.36. The van der Waals surface area contributed by atoms with E-state index in [0.717, 1.165) is 38.0 Å². The number of carbonyl (C=O) groups excluding carboxylic acids is 1. The van der Waals surface area contributed by atoms with Gasteiger partial charge in [0.15, 0.2) is 0 Å². The van der Waals surface area contributed by atoms with Crippen LogP contribution in [-0.2, 0) is 9.53 Å². The molecule has 16 heavy (non-hydrogen) atoms. The first kappa shape index (κ1) is 12.2. The number of hydrogen-bond donors (Lipinski definition) is 2. The summed E-state index contributed by atoms with van der Waals surface area (Å²) in [7, 11) is 0. The smallest absolute Gasteiger partial charge is 0.220 e. The summed E-state index contributed by atoms with van der Waals surface area (Å²) in [6.45, 7) is 2.78. The quantitative estimate of drug-likeness (QED) is 0.698. The van der Waals surface area contributed by atoms with Crippen LogP contribution in [0.2, 0.25) is 0 Å². The highest BCUT2D eigenvalue weighted by Crippen LogP contribution is 2.49. The second-order valence-corrected chi connectivity index (χ2v) is 5.46. The molecule has 0 aromatic carbocycles. The maximum absolute atomic E-state index is 11.7. The number of ether oxygens (including phenoxy) is 1. The van der Waals surface area contributed by atoms with E-state index in [4.69, 9.17) is 4.74 Å². The average Bonchev–Trinajstić information content (AvgIpc) is 2.95. The Kier molecular flexibility index (Phi) is 3.80. The molecule has 3 nitrogen and oxygen atoms in total. The zero-order chi connectivity index (χ0) is 11.6. The molecule has 0 aromatic rings. The van der Waals surface area contributed by atoms with E-state index in [0.29, 0.717) is 18.6 Å². The predicted molar refractivity (Wildman–Crippen MR) is 66.7 cm³/mol. The van der Waals surface area contributed by atoms with Crippen molar-refractivity contribution in [2.75, 3.05) is 12.4 Å². The van der Waals surface area contributed by atoms with Gasteiger partial charge in [0.25, 0.3) is 0 Å². The van der Waals surface area contributed by atoms with Gasteiger partial charge in [0.1, 0.15) is 0 Å². The van der Waals surface area contributed by atoms with E-state index in [1.807, 2.05) is 6.92 Å². The number of nitrogens with one attached hydrogen (secondary N) is 1. The van der Waals surface area contributed by atoms with Crippen molar-refractivity contribution >= 4 is 18.5 Å². The Bertz CT molecular complexity index is 260. The van der Waals surface area contributed by atoms with Crippen molar-refractivity contribution < 1.29 is 9.53 Å². The molecule has 2 fully saturated rings. The zero-order valence-corrected chi connectivity index (χ0v) is 10.8. The minimum atomic E-state index is 0.200. The van der Waals surface area contributed by atoms with Crippen LogP contribution < -0.4 is 5.32 Å². The normalized spacial score (nSPS) is 30.6. The minimum absolute atomic E-state index is 0.200. The van der Waals surface area contributed by atoms with E-state index in [1.54, 1.807) is 0 Å². The summed E-state index contributed by atoms with van der Waals surface area (Å²) in [5, 5.41) is 3.08. The average molecular weight is 243 g/mol. The monoisotopic (exact) mass is 243 g/mol. The van der Waals surface area contributed by atoms with Gasteiger partial charge in [0, 0.05) is 19.1 Å². The summed E-state index contributed by atoms with van der Waals surface area (Å²) in [5.74, 6) is 1.04. The van der Waals surface area contributed by atoms with Crippen LogP contribution in [0.1, 0.15) is 39.0 Å². The van der Waals surface area contributed by atoms with Gasteiger partial charge < -0.3 is 10.1 Å². The van der Waals surface area contributed by atoms with E-state index in [2.05, 4.69) is 17.9 Å². The molecule has 0 saturated heterocycles. The highest BCUT2D eigenvalue weighted by atomic mass is 32.1. The first-order valence-electron chi connectivity index (χ1n) is 6.19. The lowest BCUT2D eigenvalue weighted by molar-refractivity contribution is -0.124. The van der Waals surface area contributed by atoms with Gasteiger partial charge in [0.05, 0.1) is 6.10 Å². The second-order valence-electron chi connectivity index (χ2n) is 5.15. The molecule has 0 radical (unpaired) electrons. The summed E-state index contributed by atoms with van der Waals surface area (Å²) >= 11 is 4.31. The third kappa shape index (κ3) is 2.92. The Morgan fingerprint density at radius 1 is 1.50 bits per heavy atom. The highest BCUT2D eigenvalue weighted by molar-refractivity contribution is 7.80. The standard InChI is InChI=1S/C12H21NO2S/c1-2-15-10-5-9(6-10)13-11(14)7-12(8-16)3-4-12/h9-10,16H,2-8H2,1H3,(H,13,14). The first-order chi connectivity index (χ1) is 7.67. The van der Waals surface area contributed by atoms with Crippen molar-refractivity contribution in [1.29, 1.82) is 0 Å². The molecule has 1 N–H and O–H groups in total. The summed E-state index contributed by atoms with van der Waals surface area (Å²) in [5.41, 5.74) is 0.232. The zero-order valence-electron chi connectivity index (χ0n) is 9.87. The lowest BCUT2D eigenvalue weighted by atomic mass is 9.89. The highest BCUT2D eigenvalue weighted by Gasteiger charge is 2.43. The van der Waals surface area contributed by atoms with Crippen LogP contribution in [0.25, 0.3) is 0 Å². The Balaban J connectivity index is 1.62. The van der Waals surface area contributed by atoms with Gasteiger partial charge in [-0.1, -0.05) is 0 Å². The second kappa shape index (κ2) is 4.96. The summed E-state index contributed by atoms with van der Waals surface area (Å²) in [6.07, 6.45) is 5.31. The van der Waals surface area contributed by atoms with Crippen molar-refractivity contribution in [3.05, 3.63) is 0 Å². The minimum Gasteiger partial charge on any atom is -0.378 e. The van der Waals surface area contributed by atoms with Gasteiger partial charge in [-0.05, 0) is 43.8 Å². The van der Waals surface area contributed by atoms with E-state index in [9.17, 15) is 4.79 Å². The van der Waals surface area contributed by atoms with Crippen LogP contribution >= 0.6 is 12.6 Å². The van der Waals surface area contributed by atoms with Crippen molar-refractivity contribution in [3.63, 3.8) is 0 Å². The van der Waals surface area contributed by atoms with E-state index in [-0.39, 0.29) is 11.3 Å². The third-order valence-electron chi connectivity index (χ3n) is 3.69. The number of amides is 1. The molecule has 0 heterocycles. The van der Waals surface area contributed by atoms with Crippen LogP contribution in [-0.4, -0.2) is 30.4 Å². The predicted octanol–water partition coefficient (Wildman–Crippen LogP) is 1.77. The van der Waals surface area contributed by atoms with Crippen LogP contribution in [0.3, 0.4) is 0 Å². The van der Waals surface area contributed by atoms with Crippen LogP contribution in [0.15, 0.2) is 0 Å². The SMILES string of the molecule is CCOC1CC(NC(=O)CC2(CS)CC2)C1. The first-order valence-corrected chi connectivity index (χ1v) is 6.82. The van der Waals surface area contributed by atoms with Crippen LogP contribution in [0.5, 0.6) is 0 Å². The van der Waals surface area contributed by atoms with E-state index >= 15 is 0 Å². The van der Waals surface area contributed by atoms with E-state index < -0.39 is 0 Å². The van der Waals surface area contributed by atoms with Gasteiger partial charge in [-0.25, -0.2) is 0 Å². The molecular formula is C12H21NO2S.